The lowest BCUT2D eigenvalue weighted by molar-refractivity contribution is -0.292. The molecule has 1 heterocycles. The zero-order chi connectivity index (χ0) is 16.4. The van der Waals surface area contributed by atoms with Crippen molar-refractivity contribution in [3.63, 3.8) is 0 Å². The number of nitrogens with one attached hydrogen (secondary N) is 1. The minimum Gasteiger partial charge on any atom is -0.309 e. The molecule has 10 heteroatoms. The van der Waals surface area contributed by atoms with Gasteiger partial charge in [0.2, 0.25) is 0 Å². The Bertz CT molecular complexity index is 456. The minimum atomic E-state index is -5.46. The van der Waals surface area contributed by atoms with Crippen LogP contribution < -0.4 is 5.32 Å². The number of thiophene rings is 1. The van der Waals surface area contributed by atoms with Gasteiger partial charge in [0.05, 0.1) is 14.7 Å². The Morgan fingerprint density at radius 3 is 2.00 bits per heavy atom. The van der Waals surface area contributed by atoms with E-state index in [1.165, 1.54) is 0 Å². The van der Waals surface area contributed by atoms with E-state index in [9.17, 15) is 26.3 Å². The average molecular weight is 374 g/mol. The molecule has 1 aromatic rings. The van der Waals surface area contributed by atoms with Crippen molar-refractivity contribution in [1.29, 1.82) is 0 Å². The van der Waals surface area contributed by atoms with Crippen molar-refractivity contribution >= 4 is 34.5 Å². The van der Waals surface area contributed by atoms with Gasteiger partial charge in [0, 0.05) is 5.56 Å². The molecule has 0 amide bonds. The predicted octanol–water partition coefficient (Wildman–Crippen LogP) is 5.84. The molecule has 1 N–H and O–H groups in total. The van der Waals surface area contributed by atoms with E-state index in [0.717, 1.165) is 17.4 Å². The SMILES string of the molecule is CCCNC(c1cc(Cl)sc1Cl)C(C(F)(F)F)C(F)(F)F. The van der Waals surface area contributed by atoms with Crippen LogP contribution in [0.5, 0.6) is 0 Å². The molecule has 0 saturated carbocycles. The van der Waals surface area contributed by atoms with E-state index in [0.29, 0.717) is 6.42 Å². The Morgan fingerprint density at radius 1 is 1.14 bits per heavy atom. The zero-order valence-corrected chi connectivity index (χ0v) is 12.9. The summed E-state index contributed by atoms with van der Waals surface area (Å²) < 4.78 is 77.2. The molecule has 1 nitrogen and oxygen atoms in total. The summed E-state index contributed by atoms with van der Waals surface area (Å²) in [7, 11) is 0. The van der Waals surface area contributed by atoms with Crippen LogP contribution >= 0.6 is 34.5 Å². The van der Waals surface area contributed by atoms with Gasteiger partial charge in [0.1, 0.15) is 0 Å². The van der Waals surface area contributed by atoms with Crippen LogP contribution in [0.15, 0.2) is 6.07 Å². The van der Waals surface area contributed by atoms with Gasteiger partial charge >= 0.3 is 12.4 Å². The third-order valence-electron chi connectivity index (χ3n) is 2.67. The fraction of sp³-hybridized carbons (Fsp3) is 0.636. The first-order valence-electron chi connectivity index (χ1n) is 5.80. The van der Waals surface area contributed by atoms with E-state index in [-0.39, 0.29) is 20.8 Å². The summed E-state index contributed by atoms with van der Waals surface area (Å²) in [5.74, 6) is -3.56. The zero-order valence-electron chi connectivity index (χ0n) is 10.6. The first kappa shape index (κ1) is 18.9. The van der Waals surface area contributed by atoms with Crippen molar-refractivity contribution in [1.82, 2.24) is 5.32 Å². The van der Waals surface area contributed by atoms with Gasteiger partial charge in [0.25, 0.3) is 0 Å². The maximum absolute atomic E-state index is 12.9. The lowest BCUT2D eigenvalue weighted by atomic mass is 9.93. The van der Waals surface area contributed by atoms with Gasteiger partial charge in [-0.1, -0.05) is 30.1 Å². The summed E-state index contributed by atoms with van der Waals surface area (Å²) in [4.78, 5) is 0. The summed E-state index contributed by atoms with van der Waals surface area (Å²) in [5.41, 5.74) is -0.292. The standard InChI is InChI=1S/C11H11Cl2F6NS/c1-2-3-20-7(5-4-6(12)21-9(5)13)8(10(14,15)16)11(17,18)19/h4,7-8,20H,2-3H2,1H3. The van der Waals surface area contributed by atoms with Crippen LogP contribution in [0.1, 0.15) is 24.9 Å². The fourth-order valence-electron chi connectivity index (χ4n) is 1.84. The normalized spacial score (nSPS) is 14.8. The second-order valence-electron chi connectivity index (χ2n) is 4.27. The fourth-order valence-corrected chi connectivity index (χ4v) is 3.39. The van der Waals surface area contributed by atoms with Crippen LogP contribution in [0.4, 0.5) is 26.3 Å². The summed E-state index contributed by atoms with van der Waals surface area (Å²) in [6.07, 6.45) is -10.5. The van der Waals surface area contributed by atoms with Crippen molar-refractivity contribution in [3.05, 3.63) is 20.3 Å². The highest BCUT2D eigenvalue weighted by Gasteiger charge is 2.60. The van der Waals surface area contributed by atoms with Gasteiger partial charge in [0.15, 0.2) is 5.92 Å². The Kier molecular flexibility index (Phi) is 6.23. The Morgan fingerprint density at radius 2 is 1.67 bits per heavy atom. The predicted molar refractivity (Wildman–Crippen MR) is 71.0 cm³/mol. The van der Waals surface area contributed by atoms with E-state index >= 15 is 0 Å². The van der Waals surface area contributed by atoms with E-state index in [4.69, 9.17) is 23.2 Å². The molecular weight excluding hydrogens is 363 g/mol. The van der Waals surface area contributed by atoms with Crippen LogP contribution in [0, 0.1) is 5.92 Å². The van der Waals surface area contributed by atoms with Gasteiger partial charge in [-0.2, -0.15) is 26.3 Å². The number of hydrogen-bond donors (Lipinski definition) is 1. The van der Waals surface area contributed by atoms with E-state index in [2.05, 4.69) is 5.32 Å². The molecule has 0 aliphatic rings. The smallest absolute Gasteiger partial charge is 0.309 e. The summed E-state index contributed by atoms with van der Waals surface area (Å²) in [6.45, 7) is 1.61. The van der Waals surface area contributed by atoms with Crippen LogP contribution in [-0.4, -0.2) is 18.9 Å². The maximum Gasteiger partial charge on any atom is 0.402 e. The lowest BCUT2D eigenvalue weighted by Crippen LogP contribution is -2.46. The number of halogens is 8. The van der Waals surface area contributed by atoms with Crippen molar-refractivity contribution in [2.45, 2.75) is 31.7 Å². The quantitative estimate of drug-likeness (QED) is 0.639. The van der Waals surface area contributed by atoms with Crippen LogP contribution in [-0.2, 0) is 0 Å². The van der Waals surface area contributed by atoms with Crippen molar-refractivity contribution in [2.24, 2.45) is 5.92 Å². The van der Waals surface area contributed by atoms with Gasteiger partial charge in [-0.05, 0) is 19.0 Å². The molecule has 21 heavy (non-hydrogen) atoms. The second kappa shape index (κ2) is 6.93. The van der Waals surface area contributed by atoms with Gasteiger partial charge < -0.3 is 5.32 Å². The van der Waals surface area contributed by atoms with Crippen molar-refractivity contribution < 1.29 is 26.3 Å². The molecule has 0 aromatic carbocycles. The van der Waals surface area contributed by atoms with Gasteiger partial charge in [-0.25, -0.2) is 0 Å². The number of hydrogen-bond acceptors (Lipinski definition) is 2. The van der Waals surface area contributed by atoms with Gasteiger partial charge in [-0.15, -0.1) is 11.3 Å². The van der Waals surface area contributed by atoms with Crippen molar-refractivity contribution in [2.75, 3.05) is 6.54 Å². The molecule has 1 aromatic heterocycles. The number of rotatable bonds is 5. The molecule has 0 aliphatic heterocycles. The molecule has 0 radical (unpaired) electrons. The minimum absolute atomic E-state index is 0.0167. The Labute approximate surface area is 131 Å². The molecule has 122 valence electrons. The molecule has 1 rings (SSSR count). The first-order valence-corrected chi connectivity index (χ1v) is 7.37. The third-order valence-corrected chi connectivity index (χ3v) is 4.19. The van der Waals surface area contributed by atoms with Crippen molar-refractivity contribution in [3.8, 4) is 0 Å². The van der Waals surface area contributed by atoms with E-state index < -0.39 is 24.3 Å². The topological polar surface area (TPSA) is 12.0 Å². The first-order chi connectivity index (χ1) is 9.48. The highest BCUT2D eigenvalue weighted by molar-refractivity contribution is 7.20. The summed E-state index contributed by atoms with van der Waals surface area (Å²) in [6, 6.07) is -0.993. The Balaban J connectivity index is 3.30. The number of alkyl halides is 6. The molecule has 0 aliphatic carbocycles. The van der Waals surface area contributed by atoms with Gasteiger partial charge in [-0.3, -0.25) is 0 Å². The molecule has 0 spiro atoms. The maximum atomic E-state index is 12.9. The highest BCUT2D eigenvalue weighted by atomic mass is 35.5. The molecule has 0 bridgehead atoms. The second-order valence-corrected chi connectivity index (χ2v) is 6.56. The molecular formula is C11H11Cl2F6NS. The van der Waals surface area contributed by atoms with E-state index in [1.807, 2.05) is 0 Å². The molecule has 0 fully saturated rings. The Hall–Kier alpha value is -0.180. The lowest BCUT2D eigenvalue weighted by Gasteiger charge is -2.31. The van der Waals surface area contributed by atoms with Crippen LogP contribution in [0.25, 0.3) is 0 Å². The molecule has 0 saturated heterocycles. The summed E-state index contributed by atoms with van der Waals surface area (Å²) in [5, 5.41) is 2.28. The van der Waals surface area contributed by atoms with Crippen LogP contribution in [0.2, 0.25) is 8.67 Å². The highest BCUT2D eigenvalue weighted by Crippen LogP contribution is 2.49. The molecule has 1 unspecified atom stereocenters. The summed E-state index contributed by atoms with van der Waals surface area (Å²) >= 11 is 12.1. The third kappa shape index (κ3) is 4.91. The van der Waals surface area contributed by atoms with Crippen LogP contribution in [0.3, 0.4) is 0 Å². The largest absolute Gasteiger partial charge is 0.402 e. The molecule has 1 atom stereocenters. The monoisotopic (exact) mass is 373 g/mol. The van der Waals surface area contributed by atoms with E-state index in [1.54, 1.807) is 6.92 Å². The average Bonchev–Trinajstić information content (AvgIpc) is 2.59.